The number of anilines is 1. The van der Waals surface area contributed by atoms with Crippen LogP contribution < -0.4 is 5.73 Å². The van der Waals surface area contributed by atoms with Gasteiger partial charge in [-0.25, -0.2) is 0 Å². The van der Waals surface area contributed by atoms with Crippen LogP contribution in [0.4, 0.5) is 5.69 Å². The molecule has 0 radical (unpaired) electrons. The third-order valence-corrected chi connectivity index (χ3v) is 3.01. The molecule has 2 N–H and O–H groups in total. The molecule has 3 aromatic rings. The van der Waals surface area contributed by atoms with Gasteiger partial charge in [0.15, 0.2) is 5.82 Å². The summed E-state index contributed by atoms with van der Waals surface area (Å²) >= 11 is 5.86. The first-order chi connectivity index (χ1) is 9.72. The molecule has 2 heterocycles. The Balaban J connectivity index is 1.87. The molecule has 20 heavy (non-hydrogen) atoms. The van der Waals surface area contributed by atoms with Gasteiger partial charge in [-0.3, -0.25) is 4.98 Å². The van der Waals surface area contributed by atoms with Gasteiger partial charge in [-0.1, -0.05) is 22.8 Å². The van der Waals surface area contributed by atoms with Crippen molar-refractivity contribution in [3.8, 4) is 11.5 Å². The van der Waals surface area contributed by atoms with Crippen molar-refractivity contribution in [3.63, 3.8) is 0 Å². The van der Waals surface area contributed by atoms with Crippen LogP contribution in [0.1, 0.15) is 11.5 Å². The van der Waals surface area contributed by atoms with Gasteiger partial charge in [0.2, 0.25) is 0 Å². The van der Waals surface area contributed by atoms with Crippen molar-refractivity contribution in [3.05, 3.63) is 59.1 Å². The number of nitrogens with zero attached hydrogens (tertiary/aromatic N) is 3. The molecule has 0 saturated carbocycles. The fraction of sp³-hybridized carbons (Fsp3) is 0.0714. The molecule has 0 fully saturated rings. The number of nitrogens with two attached hydrogens (primary N) is 1. The maximum Gasteiger partial charge on any atom is 0.260 e. The van der Waals surface area contributed by atoms with Gasteiger partial charge in [-0.05, 0) is 30.3 Å². The van der Waals surface area contributed by atoms with E-state index in [4.69, 9.17) is 21.9 Å². The monoisotopic (exact) mass is 286 g/mol. The van der Waals surface area contributed by atoms with Crippen LogP contribution in [0.15, 0.2) is 47.1 Å². The van der Waals surface area contributed by atoms with Crippen LogP contribution >= 0.6 is 11.6 Å². The Bertz CT molecular complexity index is 727. The first-order valence-electron chi connectivity index (χ1n) is 6.00. The fourth-order valence-electron chi connectivity index (χ4n) is 1.83. The Kier molecular flexibility index (Phi) is 3.35. The number of pyridine rings is 1. The van der Waals surface area contributed by atoms with E-state index in [-0.39, 0.29) is 0 Å². The van der Waals surface area contributed by atoms with Gasteiger partial charge in [0.05, 0.1) is 12.0 Å². The van der Waals surface area contributed by atoms with Gasteiger partial charge in [0, 0.05) is 22.6 Å². The summed E-state index contributed by atoms with van der Waals surface area (Å²) in [7, 11) is 0. The molecule has 0 unspecified atom stereocenters. The summed E-state index contributed by atoms with van der Waals surface area (Å²) < 4.78 is 5.23. The quantitative estimate of drug-likeness (QED) is 0.749. The third-order valence-electron chi connectivity index (χ3n) is 2.78. The van der Waals surface area contributed by atoms with Gasteiger partial charge in [-0.15, -0.1) is 0 Å². The van der Waals surface area contributed by atoms with E-state index < -0.39 is 0 Å². The average Bonchev–Trinajstić information content (AvgIpc) is 2.88. The van der Waals surface area contributed by atoms with Gasteiger partial charge < -0.3 is 10.3 Å². The molecule has 0 atom stereocenters. The first kappa shape index (κ1) is 12.6. The molecule has 0 saturated heterocycles. The predicted octanol–water partition coefficient (Wildman–Crippen LogP) is 2.96. The molecule has 0 aliphatic rings. The number of hydrogen-bond acceptors (Lipinski definition) is 5. The van der Waals surface area contributed by atoms with Gasteiger partial charge in [0.1, 0.15) is 0 Å². The first-order valence-corrected chi connectivity index (χ1v) is 6.38. The van der Waals surface area contributed by atoms with E-state index in [1.807, 2.05) is 18.2 Å². The number of rotatable bonds is 3. The maximum atomic E-state index is 5.89. The molecule has 6 heteroatoms. The number of benzene rings is 1. The van der Waals surface area contributed by atoms with Crippen LogP contribution in [0.25, 0.3) is 11.5 Å². The highest BCUT2D eigenvalue weighted by molar-refractivity contribution is 6.31. The van der Waals surface area contributed by atoms with E-state index in [0.29, 0.717) is 34.4 Å². The molecular weight excluding hydrogens is 276 g/mol. The molecular formula is C14H11ClN4O. The van der Waals surface area contributed by atoms with Crippen molar-refractivity contribution < 1.29 is 4.52 Å². The Morgan fingerprint density at radius 3 is 2.85 bits per heavy atom. The zero-order valence-corrected chi connectivity index (χ0v) is 11.2. The highest BCUT2D eigenvalue weighted by Gasteiger charge is 2.12. The van der Waals surface area contributed by atoms with Crippen LogP contribution in [-0.4, -0.2) is 15.1 Å². The van der Waals surface area contributed by atoms with Crippen molar-refractivity contribution in [2.45, 2.75) is 6.42 Å². The standard InChI is InChI=1S/C14H11ClN4O/c15-9-4-5-11(12(16)7-9)14-18-13(19-20-14)8-10-3-1-2-6-17-10/h1-7H,8,16H2. The molecule has 5 nitrogen and oxygen atoms in total. The van der Waals surface area contributed by atoms with E-state index in [1.54, 1.807) is 24.4 Å². The Morgan fingerprint density at radius 2 is 2.10 bits per heavy atom. The summed E-state index contributed by atoms with van der Waals surface area (Å²) in [6.45, 7) is 0. The Labute approximate surface area is 120 Å². The molecule has 0 aliphatic carbocycles. The van der Waals surface area contributed by atoms with Crippen molar-refractivity contribution in [2.24, 2.45) is 0 Å². The number of aromatic nitrogens is 3. The van der Waals surface area contributed by atoms with Crippen LogP contribution in [0.3, 0.4) is 0 Å². The zero-order chi connectivity index (χ0) is 13.9. The van der Waals surface area contributed by atoms with Gasteiger partial charge in [0.25, 0.3) is 5.89 Å². The third kappa shape index (κ3) is 2.62. The minimum absolute atomic E-state index is 0.380. The van der Waals surface area contributed by atoms with E-state index in [9.17, 15) is 0 Å². The number of halogens is 1. The summed E-state index contributed by atoms with van der Waals surface area (Å²) in [5.41, 5.74) is 7.95. The van der Waals surface area contributed by atoms with E-state index in [0.717, 1.165) is 5.69 Å². The minimum Gasteiger partial charge on any atom is -0.398 e. The summed E-state index contributed by atoms with van der Waals surface area (Å²) in [6.07, 6.45) is 2.24. The lowest BCUT2D eigenvalue weighted by Crippen LogP contribution is -1.94. The van der Waals surface area contributed by atoms with E-state index in [1.165, 1.54) is 0 Å². The molecule has 0 spiro atoms. The summed E-state index contributed by atoms with van der Waals surface area (Å²) in [6, 6.07) is 10.8. The second kappa shape index (κ2) is 5.30. The highest BCUT2D eigenvalue weighted by Crippen LogP contribution is 2.27. The predicted molar refractivity (Wildman–Crippen MR) is 76.2 cm³/mol. The van der Waals surface area contributed by atoms with E-state index in [2.05, 4.69) is 15.1 Å². The smallest absolute Gasteiger partial charge is 0.260 e. The number of hydrogen-bond donors (Lipinski definition) is 1. The molecule has 0 aliphatic heterocycles. The van der Waals surface area contributed by atoms with E-state index >= 15 is 0 Å². The molecule has 100 valence electrons. The van der Waals surface area contributed by atoms with Crippen LogP contribution in [0.2, 0.25) is 5.02 Å². The largest absolute Gasteiger partial charge is 0.398 e. The summed E-state index contributed by atoms with van der Waals surface area (Å²) in [5.74, 6) is 0.943. The normalized spacial score (nSPS) is 10.7. The topological polar surface area (TPSA) is 77.8 Å². The number of nitrogen functional groups attached to an aromatic ring is 1. The fourth-order valence-corrected chi connectivity index (χ4v) is 2.01. The molecule has 0 amide bonds. The van der Waals surface area contributed by atoms with Crippen molar-refractivity contribution >= 4 is 17.3 Å². The lowest BCUT2D eigenvalue weighted by atomic mass is 10.2. The average molecular weight is 287 g/mol. The summed E-state index contributed by atoms with van der Waals surface area (Å²) in [4.78, 5) is 8.55. The molecule has 2 aromatic heterocycles. The van der Waals surface area contributed by atoms with Crippen LogP contribution in [0.5, 0.6) is 0 Å². The molecule has 3 rings (SSSR count). The Morgan fingerprint density at radius 1 is 1.20 bits per heavy atom. The van der Waals surface area contributed by atoms with Gasteiger partial charge in [-0.2, -0.15) is 4.98 Å². The lowest BCUT2D eigenvalue weighted by Gasteiger charge is -2.00. The SMILES string of the molecule is Nc1cc(Cl)ccc1-c1nc(Cc2ccccn2)no1. The summed E-state index contributed by atoms with van der Waals surface area (Å²) in [5, 5.41) is 4.51. The second-order valence-corrected chi connectivity index (χ2v) is 4.68. The van der Waals surface area contributed by atoms with Crippen molar-refractivity contribution in [1.29, 1.82) is 0 Å². The lowest BCUT2D eigenvalue weighted by molar-refractivity contribution is 0.424. The van der Waals surface area contributed by atoms with Crippen LogP contribution in [-0.2, 0) is 6.42 Å². The van der Waals surface area contributed by atoms with Gasteiger partial charge >= 0.3 is 0 Å². The van der Waals surface area contributed by atoms with Crippen LogP contribution in [0, 0.1) is 0 Å². The zero-order valence-electron chi connectivity index (χ0n) is 10.5. The van der Waals surface area contributed by atoms with Crippen molar-refractivity contribution in [2.75, 3.05) is 5.73 Å². The van der Waals surface area contributed by atoms with Crippen molar-refractivity contribution in [1.82, 2.24) is 15.1 Å². The Hall–Kier alpha value is -2.40. The molecule has 1 aromatic carbocycles. The minimum atomic E-state index is 0.380. The molecule has 0 bridgehead atoms. The maximum absolute atomic E-state index is 5.89. The highest BCUT2D eigenvalue weighted by atomic mass is 35.5. The second-order valence-electron chi connectivity index (χ2n) is 4.25.